The van der Waals surface area contributed by atoms with Crippen molar-refractivity contribution < 1.29 is 22.6 Å². The van der Waals surface area contributed by atoms with Crippen LogP contribution in [0.4, 0.5) is 19.0 Å². The van der Waals surface area contributed by atoms with Gasteiger partial charge in [-0.15, -0.1) is 13.2 Å². The lowest BCUT2D eigenvalue weighted by molar-refractivity contribution is -0.276. The molecule has 0 aromatic carbocycles. The lowest BCUT2D eigenvalue weighted by atomic mass is 10.0. The number of fused-ring (bicyclic) bond motifs is 1. The van der Waals surface area contributed by atoms with Gasteiger partial charge in [-0.1, -0.05) is 13.8 Å². The summed E-state index contributed by atoms with van der Waals surface area (Å²) in [5.74, 6) is 1.45. The number of hydrogen-bond acceptors (Lipinski definition) is 5. The average Bonchev–Trinajstić information content (AvgIpc) is 3.05. The van der Waals surface area contributed by atoms with Crippen molar-refractivity contribution in [2.45, 2.75) is 20.2 Å². The topological polar surface area (TPSA) is 37.8 Å². The molecule has 0 amide bonds. The number of likely N-dealkylation sites (tertiary alicyclic amines) is 1. The number of ether oxygens (including phenoxy) is 2. The summed E-state index contributed by atoms with van der Waals surface area (Å²) in [6.07, 6.45) is -4.75. The lowest BCUT2D eigenvalue weighted by Gasteiger charge is -2.22. The van der Waals surface area contributed by atoms with Gasteiger partial charge in [0.1, 0.15) is 0 Å². The Hall–Kier alpha value is -1.70. The Labute approximate surface area is 140 Å². The van der Waals surface area contributed by atoms with E-state index in [0.717, 1.165) is 26.2 Å². The van der Waals surface area contributed by atoms with Crippen molar-refractivity contribution in [1.29, 1.82) is 0 Å². The number of nitrogens with zero attached hydrogens (tertiary/aromatic N) is 3. The van der Waals surface area contributed by atoms with Crippen molar-refractivity contribution in [3.8, 4) is 11.6 Å². The zero-order valence-electron chi connectivity index (χ0n) is 14.4. The maximum atomic E-state index is 12.4. The Morgan fingerprint density at radius 3 is 2.17 bits per heavy atom. The summed E-state index contributed by atoms with van der Waals surface area (Å²) in [4.78, 5) is 8.27. The number of halogens is 3. The summed E-state index contributed by atoms with van der Waals surface area (Å²) >= 11 is 0. The van der Waals surface area contributed by atoms with Crippen LogP contribution in [-0.2, 0) is 0 Å². The standard InChI is InChI=1S/C14H18F3N3O2.C2H6/c1-19-5-9-7-20(8-10(9)6-19)13-11(21-2)3-4-12(18-13)22-14(15,16)17;1-2/h3-4,9-10H,5-8H2,1-2H3;1-2H3. The molecule has 0 saturated carbocycles. The molecule has 2 aliphatic heterocycles. The molecule has 2 unspecified atom stereocenters. The highest BCUT2D eigenvalue weighted by atomic mass is 19.4. The van der Waals surface area contributed by atoms with Gasteiger partial charge in [0.05, 0.1) is 7.11 Å². The summed E-state index contributed by atoms with van der Waals surface area (Å²) < 4.78 is 46.2. The van der Waals surface area contributed by atoms with Crippen LogP contribution in [0.2, 0.25) is 0 Å². The predicted octanol–water partition coefficient (Wildman–Crippen LogP) is 3.01. The van der Waals surface area contributed by atoms with Gasteiger partial charge >= 0.3 is 6.36 Å². The Morgan fingerprint density at radius 2 is 1.67 bits per heavy atom. The third kappa shape index (κ3) is 4.23. The van der Waals surface area contributed by atoms with E-state index in [1.54, 1.807) is 0 Å². The van der Waals surface area contributed by atoms with Gasteiger partial charge < -0.3 is 19.3 Å². The molecule has 136 valence electrons. The van der Waals surface area contributed by atoms with Crippen molar-refractivity contribution in [2.75, 3.05) is 45.2 Å². The molecule has 0 N–H and O–H groups in total. The Kier molecular flexibility index (Phi) is 5.79. The van der Waals surface area contributed by atoms with Crippen LogP contribution >= 0.6 is 0 Å². The number of methoxy groups -OCH3 is 1. The van der Waals surface area contributed by atoms with Gasteiger partial charge in [-0.3, -0.25) is 0 Å². The minimum Gasteiger partial charge on any atom is -0.493 e. The van der Waals surface area contributed by atoms with Crippen LogP contribution in [0.1, 0.15) is 13.8 Å². The lowest BCUT2D eigenvalue weighted by Crippen LogP contribution is -2.28. The molecule has 3 rings (SSSR count). The van der Waals surface area contributed by atoms with E-state index in [1.807, 2.05) is 18.7 Å². The molecule has 0 bridgehead atoms. The first-order valence-electron chi connectivity index (χ1n) is 8.10. The van der Waals surface area contributed by atoms with E-state index in [0.29, 0.717) is 23.4 Å². The molecule has 0 aliphatic carbocycles. The third-order valence-corrected chi connectivity index (χ3v) is 4.22. The molecule has 8 heteroatoms. The number of pyridine rings is 1. The van der Waals surface area contributed by atoms with Crippen LogP contribution in [-0.4, -0.2) is 56.6 Å². The van der Waals surface area contributed by atoms with Gasteiger partial charge in [-0.2, -0.15) is 4.98 Å². The molecule has 0 spiro atoms. The molecule has 24 heavy (non-hydrogen) atoms. The molecule has 3 heterocycles. The highest BCUT2D eigenvalue weighted by Gasteiger charge is 2.40. The van der Waals surface area contributed by atoms with Crippen LogP contribution in [0, 0.1) is 11.8 Å². The highest BCUT2D eigenvalue weighted by molar-refractivity contribution is 5.55. The quantitative estimate of drug-likeness (QED) is 0.840. The summed E-state index contributed by atoms with van der Waals surface area (Å²) in [5.41, 5.74) is 0. The first kappa shape index (κ1) is 18.6. The number of rotatable bonds is 3. The Balaban J connectivity index is 0.00000100. The fraction of sp³-hybridized carbons (Fsp3) is 0.688. The van der Waals surface area contributed by atoms with E-state index in [4.69, 9.17) is 4.74 Å². The fourth-order valence-corrected chi connectivity index (χ4v) is 3.38. The van der Waals surface area contributed by atoms with Crippen LogP contribution in [0.25, 0.3) is 0 Å². The second kappa shape index (κ2) is 7.46. The molecule has 1 aromatic heterocycles. The minimum atomic E-state index is -4.75. The first-order valence-corrected chi connectivity index (χ1v) is 8.10. The normalized spacial score (nSPS) is 23.5. The SMILES string of the molecule is CC.COc1ccc(OC(F)(F)F)nc1N1CC2CN(C)CC2C1. The van der Waals surface area contributed by atoms with E-state index in [1.165, 1.54) is 19.2 Å². The maximum Gasteiger partial charge on any atom is 0.574 e. The number of hydrogen-bond donors (Lipinski definition) is 0. The fourth-order valence-electron chi connectivity index (χ4n) is 3.38. The number of anilines is 1. The van der Waals surface area contributed by atoms with Gasteiger partial charge in [-0.05, 0) is 24.9 Å². The summed E-state index contributed by atoms with van der Waals surface area (Å²) in [5, 5.41) is 0. The minimum absolute atomic E-state index is 0.418. The number of alkyl halides is 3. The van der Waals surface area contributed by atoms with Crippen LogP contribution in [0.3, 0.4) is 0 Å². The van der Waals surface area contributed by atoms with E-state index in [2.05, 4.69) is 21.7 Å². The summed E-state index contributed by atoms with van der Waals surface area (Å²) in [6.45, 7) is 7.55. The Morgan fingerprint density at radius 1 is 1.08 bits per heavy atom. The van der Waals surface area contributed by atoms with E-state index >= 15 is 0 Å². The third-order valence-electron chi connectivity index (χ3n) is 4.22. The van der Waals surface area contributed by atoms with Gasteiger partial charge in [0, 0.05) is 32.2 Å². The maximum absolute atomic E-state index is 12.4. The molecular formula is C16H24F3N3O2. The highest BCUT2D eigenvalue weighted by Crippen LogP contribution is 2.37. The van der Waals surface area contributed by atoms with E-state index < -0.39 is 12.2 Å². The zero-order valence-corrected chi connectivity index (χ0v) is 14.4. The molecule has 1 aromatic rings. The van der Waals surface area contributed by atoms with Crippen molar-refractivity contribution in [2.24, 2.45) is 11.8 Å². The largest absolute Gasteiger partial charge is 0.574 e. The Bertz CT molecular complexity index is 540. The van der Waals surface area contributed by atoms with Crippen molar-refractivity contribution in [3.63, 3.8) is 0 Å². The van der Waals surface area contributed by atoms with Crippen molar-refractivity contribution in [1.82, 2.24) is 9.88 Å². The molecule has 2 fully saturated rings. The average molecular weight is 347 g/mol. The van der Waals surface area contributed by atoms with E-state index in [-0.39, 0.29) is 0 Å². The molecule has 2 saturated heterocycles. The van der Waals surface area contributed by atoms with Crippen LogP contribution in [0.5, 0.6) is 11.6 Å². The second-order valence-electron chi connectivity index (χ2n) is 5.87. The predicted molar refractivity (Wildman–Crippen MR) is 85.5 cm³/mol. The van der Waals surface area contributed by atoms with Crippen LogP contribution in [0.15, 0.2) is 12.1 Å². The smallest absolute Gasteiger partial charge is 0.493 e. The number of aromatic nitrogens is 1. The zero-order chi connectivity index (χ0) is 17.9. The van der Waals surface area contributed by atoms with Gasteiger partial charge in [0.2, 0.25) is 5.88 Å². The molecular weight excluding hydrogens is 323 g/mol. The first-order chi connectivity index (χ1) is 11.4. The summed E-state index contributed by atoms with van der Waals surface area (Å²) in [6, 6.07) is 2.63. The molecule has 2 aliphatic rings. The van der Waals surface area contributed by atoms with Gasteiger partial charge in [-0.25, -0.2) is 0 Å². The van der Waals surface area contributed by atoms with Crippen LogP contribution < -0.4 is 14.4 Å². The van der Waals surface area contributed by atoms with Crippen molar-refractivity contribution in [3.05, 3.63) is 12.1 Å². The van der Waals surface area contributed by atoms with E-state index in [9.17, 15) is 13.2 Å². The summed E-state index contributed by atoms with van der Waals surface area (Å²) in [7, 11) is 3.56. The van der Waals surface area contributed by atoms with Gasteiger partial charge in [0.15, 0.2) is 11.6 Å². The molecule has 5 nitrogen and oxygen atoms in total. The van der Waals surface area contributed by atoms with Crippen molar-refractivity contribution >= 4 is 5.82 Å². The monoisotopic (exact) mass is 347 g/mol. The molecule has 2 atom stereocenters. The van der Waals surface area contributed by atoms with Gasteiger partial charge in [0.25, 0.3) is 0 Å². The second-order valence-corrected chi connectivity index (χ2v) is 5.87. The molecule has 0 radical (unpaired) electrons.